The predicted octanol–water partition coefficient (Wildman–Crippen LogP) is 2.18. The first kappa shape index (κ1) is 14.6. The minimum Gasteiger partial charge on any atom is -0.484 e. The quantitative estimate of drug-likeness (QED) is 0.787. The van der Waals surface area contributed by atoms with Crippen LogP contribution >= 0.6 is 0 Å². The monoisotopic (exact) mass is 292 g/mol. The number of anilines is 1. The van der Waals surface area contributed by atoms with Crippen molar-refractivity contribution < 1.29 is 23.8 Å². The van der Waals surface area contributed by atoms with Gasteiger partial charge in [-0.15, -0.1) is 0 Å². The van der Waals surface area contributed by atoms with Gasteiger partial charge in [0.1, 0.15) is 17.1 Å². The number of rotatable bonds is 5. The topological polar surface area (TPSA) is 91.4 Å². The van der Waals surface area contributed by atoms with Gasteiger partial charge in [-0.25, -0.2) is 9.18 Å². The van der Waals surface area contributed by atoms with Crippen LogP contribution in [0.4, 0.5) is 10.1 Å². The van der Waals surface area contributed by atoms with Gasteiger partial charge in [0, 0.05) is 18.0 Å². The van der Waals surface area contributed by atoms with Gasteiger partial charge in [-0.2, -0.15) is 0 Å². The van der Waals surface area contributed by atoms with Crippen molar-refractivity contribution >= 4 is 17.6 Å². The van der Waals surface area contributed by atoms with Crippen LogP contribution in [0.5, 0.6) is 5.75 Å². The highest BCUT2D eigenvalue weighted by Gasteiger charge is 2.17. The number of benzene rings is 1. The van der Waals surface area contributed by atoms with Crippen LogP contribution in [0.15, 0.2) is 30.5 Å². The Hall–Kier alpha value is -2.83. The van der Waals surface area contributed by atoms with Crippen molar-refractivity contribution in [3.63, 3.8) is 0 Å². The van der Waals surface area contributed by atoms with E-state index in [0.717, 1.165) is 6.07 Å². The van der Waals surface area contributed by atoms with Crippen LogP contribution in [0.1, 0.15) is 16.1 Å². The minimum absolute atomic E-state index is 0.00546. The molecule has 1 amide bonds. The van der Waals surface area contributed by atoms with E-state index in [1.807, 2.05) is 0 Å². The highest BCUT2D eigenvalue weighted by Crippen LogP contribution is 2.19. The highest BCUT2D eigenvalue weighted by molar-refractivity contribution is 6.01. The van der Waals surface area contributed by atoms with E-state index < -0.39 is 17.7 Å². The number of aryl methyl sites for hydroxylation is 1. The molecule has 0 radical (unpaired) electrons. The molecule has 0 bridgehead atoms. The van der Waals surface area contributed by atoms with Gasteiger partial charge in [-0.05, 0) is 19.1 Å². The summed E-state index contributed by atoms with van der Waals surface area (Å²) in [5.74, 6) is -1.94. The van der Waals surface area contributed by atoms with E-state index in [1.54, 1.807) is 6.92 Å². The summed E-state index contributed by atoms with van der Waals surface area (Å²) in [7, 11) is 0. The summed E-state index contributed by atoms with van der Waals surface area (Å²) < 4.78 is 18.1. The Morgan fingerprint density at radius 3 is 2.86 bits per heavy atom. The molecule has 1 aromatic heterocycles. The van der Waals surface area contributed by atoms with Gasteiger partial charge in [-0.1, -0.05) is 6.07 Å². The first-order chi connectivity index (χ1) is 9.97. The second kappa shape index (κ2) is 6.08. The maximum absolute atomic E-state index is 12.9. The third-order valence-corrected chi connectivity index (χ3v) is 2.73. The number of carbonyl (C=O) groups is 2. The number of carboxylic acid groups (broad SMARTS) is 1. The van der Waals surface area contributed by atoms with Crippen LogP contribution in [0, 0.1) is 12.7 Å². The summed E-state index contributed by atoms with van der Waals surface area (Å²) in [5.41, 5.74) is 0.589. The zero-order valence-electron chi connectivity index (χ0n) is 11.1. The molecule has 21 heavy (non-hydrogen) atoms. The number of ether oxygens (including phenoxy) is 1. The van der Waals surface area contributed by atoms with Gasteiger partial charge >= 0.3 is 5.97 Å². The largest absolute Gasteiger partial charge is 0.484 e. The Labute approximate surface area is 119 Å². The average molecular weight is 292 g/mol. The summed E-state index contributed by atoms with van der Waals surface area (Å²) in [5, 5.41) is 11.5. The Kier molecular flexibility index (Phi) is 4.22. The van der Waals surface area contributed by atoms with E-state index in [0.29, 0.717) is 5.69 Å². The first-order valence-corrected chi connectivity index (χ1v) is 6.07. The van der Waals surface area contributed by atoms with Gasteiger partial charge in [0.2, 0.25) is 0 Å². The van der Waals surface area contributed by atoms with Crippen LogP contribution in [-0.2, 0) is 4.79 Å². The number of halogens is 1. The van der Waals surface area contributed by atoms with Crippen LogP contribution in [0.25, 0.3) is 0 Å². The molecule has 0 atom stereocenters. The molecule has 2 rings (SSSR count). The number of hydrogen-bond donors (Lipinski definition) is 3. The van der Waals surface area contributed by atoms with Crippen molar-refractivity contribution in [2.75, 3.05) is 11.9 Å². The molecule has 0 aliphatic carbocycles. The van der Waals surface area contributed by atoms with Gasteiger partial charge in [0.15, 0.2) is 6.61 Å². The lowest BCUT2D eigenvalue weighted by atomic mass is 10.2. The molecule has 0 fully saturated rings. The molecule has 0 aliphatic rings. The zero-order valence-corrected chi connectivity index (χ0v) is 11.1. The standard InChI is InChI=1S/C14H13FN2O4/c1-8-13(14(19)20)11(6-16-8)17-12(18)7-21-10-4-2-3-9(15)5-10/h2-6,16H,7H2,1H3,(H,17,18)(H,19,20). The number of H-pyrrole nitrogens is 1. The van der Waals surface area contributed by atoms with Crippen LogP contribution in [-0.4, -0.2) is 28.6 Å². The molecule has 2 aromatic rings. The molecule has 7 heteroatoms. The molecule has 0 unspecified atom stereocenters. The van der Waals surface area contributed by atoms with E-state index in [9.17, 15) is 14.0 Å². The predicted molar refractivity (Wildman–Crippen MR) is 73.0 cm³/mol. The molecule has 1 heterocycles. The Morgan fingerprint density at radius 1 is 1.43 bits per heavy atom. The zero-order chi connectivity index (χ0) is 15.4. The maximum atomic E-state index is 12.9. The van der Waals surface area contributed by atoms with Gasteiger partial charge in [0.05, 0.1) is 5.69 Å². The molecule has 0 spiro atoms. The fourth-order valence-electron chi connectivity index (χ4n) is 1.79. The van der Waals surface area contributed by atoms with Gasteiger partial charge < -0.3 is 20.1 Å². The van der Waals surface area contributed by atoms with Gasteiger partial charge in [0.25, 0.3) is 5.91 Å². The summed E-state index contributed by atoms with van der Waals surface area (Å²) in [4.78, 5) is 25.5. The summed E-state index contributed by atoms with van der Waals surface area (Å²) >= 11 is 0. The van der Waals surface area contributed by atoms with Crippen molar-refractivity contribution in [3.05, 3.63) is 47.5 Å². The fourth-order valence-corrected chi connectivity index (χ4v) is 1.79. The third kappa shape index (κ3) is 3.59. The number of amides is 1. The number of aromatic nitrogens is 1. The molecular formula is C14H13FN2O4. The van der Waals surface area contributed by atoms with E-state index >= 15 is 0 Å². The second-order valence-corrected chi connectivity index (χ2v) is 4.30. The summed E-state index contributed by atoms with van der Waals surface area (Å²) in [6, 6.07) is 5.38. The maximum Gasteiger partial charge on any atom is 0.339 e. The van der Waals surface area contributed by atoms with E-state index in [1.165, 1.54) is 24.4 Å². The number of aromatic carboxylic acids is 1. The first-order valence-electron chi connectivity index (χ1n) is 6.07. The number of carbonyl (C=O) groups excluding carboxylic acids is 1. The molecule has 0 saturated carbocycles. The molecule has 3 N–H and O–H groups in total. The number of hydrogen-bond acceptors (Lipinski definition) is 3. The lowest BCUT2D eigenvalue weighted by molar-refractivity contribution is -0.118. The second-order valence-electron chi connectivity index (χ2n) is 4.30. The number of nitrogens with one attached hydrogen (secondary N) is 2. The molecular weight excluding hydrogens is 279 g/mol. The SMILES string of the molecule is Cc1[nH]cc(NC(=O)COc2cccc(F)c2)c1C(=O)O. The Balaban J connectivity index is 1.98. The van der Waals surface area contributed by atoms with E-state index in [4.69, 9.17) is 9.84 Å². The average Bonchev–Trinajstić information content (AvgIpc) is 2.77. The van der Waals surface area contributed by atoms with E-state index in [2.05, 4.69) is 10.3 Å². The lowest BCUT2D eigenvalue weighted by Crippen LogP contribution is -2.21. The van der Waals surface area contributed by atoms with Crippen LogP contribution in [0.2, 0.25) is 0 Å². The normalized spacial score (nSPS) is 10.2. The van der Waals surface area contributed by atoms with Crippen molar-refractivity contribution in [1.29, 1.82) is 0 Å². The summed E-state index contributed by atoms with van der Waals surface area (Å²) in [6.07, 6.45) is 1.39. The fraction of sp³-hybridized carbons (Fsp3) is 0.143. The van der Waals surface area contributed by atoms with Crippen molar-refractivity contribution in [3.8, 4) is 5.75 Å². The molecule has 0 aliphatic heterocycles. The van der Waals surface area contributed by atoms with Crippen molar-refractivity contribution in [2.45, 2.75) is 6.92 Å². The third-order valence-electron chi connectivity index (χ3n) is 2.73. The van der Waals surface area contributed by atoms with E-state index in [-0.39, 0.29) is 23.6 Å². The minimum atomic E-state index is -1.14. The smallest absolute Gasteiger partial charge is 0.339 e. The molecule has 1 aromatic carbocycles. The van der Waals surface area contributed by atoms with Crippen LogP contribution < -0.4 is 10.1 Å². The van der Waals surface area contributed by atoms with Crippen molar-refractivity contribution in [2.24, 2.45) is 0 Å². The van der Waals surface area contributed by atoms with Crippen molar-refractivity contribution in [1.82, 2.24) is 4.98 Å². The number of aromatic amines is 1. The lowest BCUT2D eigenvalue weighted by Gasteiger charge is -2.07. The molecule has 0 saturated heterocycles. The summed E-state index contributed by atoms with van der Waals surface area (Å²) in [6.45, 7) is 1.23. The Bertz CT molecular complexity index is 681. The highest BCUT2D eigenvalue weighted by atomic mass is 19.1. The molecule has 110 valence electrons. The molecule has 6 nitrogen and oxygen atoms in total. The Morgan fingerprint density at radius 2 is 2.19 bits per heavy atom. The number of carboxylic acids is 1. The van der Waals surface area contributed by atoms with Gasteiger partial charge in [-0.3, -0.25) is 4.79 Å². The van der Waals surface area contributed by atoms with Crippen LogP contribution in [0.3, 0.4) is 0 Å².